The van der Waals surface area contributed by atoms with Gasteiger partial charge in [-0.15, -0.1) is 0 Å². The smallest absolute Gasteiger partial charge is 0.414 e. The van der Waals surface area contributed by atoms with Crippen molar-refractivity contribution in [3.63, 3.8) is 0 Å². The van der Waals surface area contributed by atoms with Crippen LogP contribution in [0, 0.1) is 0 Å². The minimum Gasteiger partial charge on any atom is -0.444 e. The molecule has 0 spiro atoms. The number of carbonyl (C=O) groups excluding carboxylic acids is 2. The topological polar surface area (TPSA) is 67.9 Å². The van der Waals surface area contributed by atoms with E-state index in [2.05, 4.69) is 12.2 Å². The van der Waals surface area contributed by atoms with E-state index in [0.717, 1.165) is 12.8 Å². The summed E-state index contributed by atoms with van der Waals surface area (Å²) in [5, 5.41) is 3.85. The first-order chi connectivity index (χ1) is 9.14. The minimum absolute atomic E-state index is 0.0461. The summed E-state index contributed by atoms with van der Waals surface area (Å²) in [4.78, 5) is 23.3. The third-order valence-corrected chi connectivity index (χ3v) is 2.80. The SMILES string of the molecule is CCCCN(CC(=O)NC(=O)OC(C)(C)C)O[SiH](C)C. The lowest BCUT2D eigenvalue weighted by Gasteiger charge is -2.24. The van der Waals surface area contributed by atoms with Crippen LogP contribution < -0.4 is 5.32 Å². The summed E-state index contributed by atoms with van der Waals surface area (Å²) < 4.78 is 10.7. The second kappa shape index (κ2) is 9.09. The molecule has 118 valence electrons. The number of amides is 2. The van der Waals surface area contributed by atoms with Crippen molar-refractivity contribution in [2.75, 3.05) is 13.1 Å². The van der Waals surface area contributed by atoms with Crippen molar-refractivity contribution < 1.29 is 18.9 Å². The van der Waals surface area contributed by atoms with E-state index in [1.165, 1.54) is 0 Å². The third kappa shape index (κ3) is 11.0. The highest BCUT2D eigenvalue weighted by molar-refractivity contribution is 6.48. The quantitative estimate of drug-likeness (QED) is 0.576. The Balaban J connectivity index is 4.27. The van der Waals surface area contributed by atoms with Crippen LogP contribution in [0.15, 0.2) is 0 Å². The maximum absolute atomic E-state index is 11.8. The first-order valence-corrected chi connectivity index (χ1v) is 9.86. The van der Waals surface area contributed by atoms with E-state index < -0.39 is 26.6 Å². The van der Waals surface area contributed by atoms with Crippen LogP contribution in [0.1, 0.15) is 40.5 Å². The van der Waals surface area contributed by atoms with E-state index in [9.17, 15) is 9.59 Å². The summed E-state index contributed by atoms with van der Waals surface area (Å²) in [6.45, 7) is 12.1. The van der Waals surface area contributed by atoms with Gasteiger partial charge >= 0.3 is 6.09 Å². The Morgan fingerprint density at radius 3 is 2.30 bits per heavy atom. The number of hydrogen-bond donors (Lipinski definition) is 1. The molecule has 0 unspecified atom stereocenters. The van der Waals surface area contributed by atoms with E-state index in [0.29, 0.717) is 6.54 Å². The van der Waals surface area contributed by atoms with Gasteiger partial charge in [0.1, 0.15) is 12.1 Å². The van der Waals surface area contributed by atoms with Gasteiger partial charge in [0.25, 0.3) is 0 Å². The number of hydroxylamine groups is 2. The van der Waals surface area contributed by atoms with Crippen molar-refractivity contribution in [3.05, 3.63) is 0 Å². The first kappa shape index (κ1) is 19.1. The molecule has 0 rings (SSSR count). The minimum atomic E-state index is -1.27. The normalized spacial score (nSPS) is 11.8. The van der Waals surface area contributed by atoms with Crippen LogP contribution in [0.3, 0.4) is 0 Å². The van der Waals surface area contributed by atoms with Gasteiger partial charge in [-0.05, 0) is 40.3 Å². The number of imide groups is 1. The molecule has 0 fully saturated rings. The number of rotatable bonds is 7. The molecule has 0 aromatic heterocycles. The molecular weight excluding hydrogens is 276 g/mol. The van der Waals surface area contributed by atoms with Gasteiger partial charge in [0.2, 0.25) is 5.91 Å². The summed E-state index contributed by atoms with van der Waals surface area (Å²) in [5.41, 5.74) is -0.617. The summed E-state index contributed by atoms with van der Waals surface area (Å²) in [6.07, 6.45) is 1.24. The largest absolute Gasteiger partial charge is 0.444 e. The van der Waals surface area contributed by atoms with Gasteiger partial charge in [-0.1, -0.05) is 13.3 Å². The number of unbranched alkanes of at least 4 members (excludes halogenated alkanes) is 1. The molecule has 1 N–H and O–H groups in total. The van der Waals surface area contributed by atoms with Gasteiger partial charge in [-0.25, -0.2) is 4.79 Å². The summed E-state index contributed by atoms with van der Waals surface area (Å²) in [7, 11) is -1.27. The zero-order valence-corrected chi connectivity index (χ0v) is 14.6. The van der Waals surface area contributed by atoms with E-state index in [4.69, 9.17) is 9.26 Å². The maximum atomic E-state index is 11.8. The molecule has 7 heteroatoms. The number of ether oxygens (including phenoxy) is 1. The van der Waals surface area contributed by atoms with E-state index in [-0.39, 0.29) is 6.54 Å². The molecule has 0 aromatic rings. The Kier molecular flexibility index (Phi) is 8.67. The van der Waals surface area contributed by atoms with Crippen molar-refractivity contribution in [3.8, 4) is 0 Å². The van der Waals surface area contributed by atoms with E-state index in [1.54, 1.807) is 25.8 Å². The highest BCUT2D eigenvalue weighted by Gasteiger charge is 2.20. The monoisotopic (exact) mass is 304 g/mol. The predicted molar refractivity (Wildman–Crippen MR) is 80.8 cm³/mol. The van der Waals surface area contributed by atoms with Crippen molar-refractivity contribution in [1.29, 1.82) is 0 Å². The molecule has 0 aliphatic rings. The molecule has 20 heavy (non-hydrogen) atoms. The van der Waals surface area contributed by atoms with Crippen LogP contribution in [0.2, 0.25) is 13.1 Å². The molecule has 0 aliphatic heterocycles. The Morgan fingerprint density at radius 2 is 1.85 bits per heavy atom. The standard InChI is InChI=1S/C13H28N2O4Si/c1-7-8-9-15(19-20(5)6)10-11(16)14-12(17)18-13(2,3)4/h20H,7-10H2,1-6H3,(H,14,16,17). The zero-order chi connectivity index (χ0) is 15.8. The van der Waals surface area contributed by atoms with Crippen molar-refractivity contribution in [1.82, 2.24) is 10.4 Å². The van der Waals surface area contributed by atoms with E-state index in [1.807, 2.05) is 13.1 Å². The average molecular weight is 304 g/mol. The Morgan fingerprint density at radius 1 is 1.25 bits per heavy atom. The fourth-order valence-corrected chi connectivity index (χ4v) is 2.20. The Labute approximate surface area is 123 Å². The molecule has 0 aromatic carbocycles. The zero-order valence-electron chi connectivity index (χ0n) is 13.5. The van der Waals surface area contributed by atoms with Gasteiger partial charge in [0.05, 0.1) is 0 Å². The predicted octanol–water partition coefficient (Wildman–Crippen LogP) is 2.05. The molecule has 6 nitrogen and oxygen atoms in total. The molecule has 2 amide bonds. The van der Waals surface area contributed by atoms with Crippen LogP contribution in [-0.4, -0.2) is 44.8 Å². The molecule has 0 heterocycles. The van der Waals surface area contributed by atoms with Crippen molar-refractivity contribution in [2.24, 2.45) is 0 Å². The number of alkyl carbamates (subject to hydrolysis) is 1. The van der Waals surface area contributed by atoms with Gasteiger partial charge in [-0.3, -0.25) is 10.1 Å². The van der Waals surface area contributed by atoms with Crippen LogP contribution in [0.25, 0.3) is 0 Å². The molecule has 0 aliphatic carbocycles. The van der Waals surface area contributed by atoms with Crippen LogP contribution in [0.4, 0.5) is 4.79 Å². The molecule has 0 saturated carbocycles. The van der Waals surface area contributed by atoms with Gasteiger partial charge in [-0.2, -0.15) is 5.06 Å². The molecule has 0 bridgehead atoms. The van der Waals surface area contributed by atoms with E-state index >= 15 is 0 Å². The van der Waals surface area contributed by atoms with Gasteiger partial charge in [0, 0.05) is 6.54 Å². The van der Waals surface area contributed by atoms with Crippen LogP contribution in [-0.2, 0) is 14.1 Å². The van der Waals surface area contributed by atoms with Crippen LogP contribution >= 0.6 is 0 Å². The van der Waals surface area contributed by atoms with Gasteiger partial charge < -0.3 is 9.26 Å². The molecular formula is C13H28N2O4Si. The van der Waals surface area contributed by atoms with Crippen LogP contribution in [0.5, 0.6) is 0 Å². The lowest BCUT2D eigenvalue weighted by Crippen LogP contribution is -2.43. The number of nitrogens with zero attached hydrogens (tertiary/aromatic N) is 1. The fraction of sp³-hybridized carbons (Fsp3) is 0.846. The third-order valence-electron chi connectivity index (χ3n) is 2.08. The van der Waals surface area contributed by atoms with Gasteiger partial charge in [0.15, 0.2) is 9.04 Å². The summed E-state index contributed by atoms with van der Waals surface area (Å²) in [6, 6.07) is 0. The Bertz CT molecular complexity index is 316. The molecule has 0 saturated heterocycles. The Hall–Kier alpha value is -0.923. The number of hydrogen-bond acceptors (Lipinski definition) is 5. The fourth-order valence-electron chi connectivity index (χ4n) is 1.42. The highest BCUT2D eigenvalue weighted by Crippen LogP contribution is 2.06. The van der Waals surface area contributed by atoms with Crippen molar-refractivity contribution in [2.45, 2.75) is 59.2 Å². The number of nitrogens with one attached hydrogen (secondary N) is 1. The second-order valence-electron chi connectivity index (χ2n) is 5.92. The summed E-state index contributed by atoms with van der Waals surface area (Å²) in [5.74, 6) is -0.412. The maximum Gasteiger partial charge on any atom is 0.414 e. The number of carbonyl (C=O) groups is 2. The summed E-state index contributed by atoms with van der Waals surface area (Å²) >= 11 is 0. The second-order valence-corrected chi connectivity index (χ2v) is 8.23. The molecule has 0 atom stereocenters. The highest BCUT2D eigenvalue weighted by atomic mass is 28.3. The average Bonchev–Trinajstić information content (AvgIpc) is 2.21. The first-order valence-electron chi connectivity index (χ1n) is 7.08. The van der Waals surface area contributed by atoms with Crippen molar-refractivity contribution >= 4 is 21.0 Å². The lowest BCUT2D eigenvalue weighted by molar-refractivity contribution is -0.132. The lowest BCUT2D eigenvalue weighted by atomic mass is 10.2. The molecule has 0 radical (unpaired) electrons.